The van der Waals surface area contributed by atoms with Crippen molar-refractivity contribution >= 4 is 22.4 Å². The zero-order valence-corrected chi connectivity index (χ0v) is 13.1. The fraction of sp³-hybridized carbons (Fsp3) is 0.400. The van der Waals surface area contributed by atoms with Crippen LogP contribution in [0, 0.1) is 0 Å². The van der Waals surface area contributed by atoms with E-state index >= 15 is 0 Å². The number of anilines is 1. The molecule has 112 valence electrons. The van der Waals surface area contributed by atoms with Crippen molar-refractivity contribution in [2.24, 2.45) is 0 Å². The lowest BCUT2D eigenvalue weighted by molar-refractivity contribution is -0.116. The van der Waals surface area contributed by atoms with Gasteiger partial charge in [0.1, 0.15) is 10.8 Å². The topological polar surface area (TPSA) is 64.1 Å². The number of nitrogens with zero attached hydrogens (tertiary/aromatic N) is 2. The van der Waals surface area contributed by atoms with Crippen LogP contribution < -0.4 is 10.1 Å². The van der Waals surface area contributed by atoms with Crippen molar-refractivity contribution in [2.75, 3.05) is 11.9 Å². The van der Waals surface area contributed by atoms with Crippen molar-refractivity contribution < 1.29 is 9.53 Å². The molecule has 0 saturated heterocycles. The number of hydrogen-bond donors (Lipinski definition) is 1. The van der Waals surface area contributed by atoms with Gasteiger partial charge in [-0.3, -0.25) is 4.79 Å². The number of ether oxygens (including phenoxy) is 1. The molecule has 0 aliphatic rings. The molecule has 0 aliphatic carbocycles. The Morgan fingerprint density at radius 3 is 2.62 bits per heavy atom. The maximum absolute atomic E-state index is 11.9. The Labute approximate surface area is 128 Å². The van der Waals surface area contributed by atoms with Crippen molar-refractivity contribution in [1.29, 1.82) is 0 Å². The number of carbonyl (C=O) groups excluding carboxylic acids is 1. The van der Waals surface area contributed by atoms with Crippen LogP contribution in [-0.2, 0) is 17.6 Å². The number of rotatable bonds is 7. The van der Waals surface area contributed by atoms with Crippen LogP contribution in [0.1, 0.15) is 30.8 Å². The zero-order valence-electron chi connectivity index (χ0n) is 12.3. The van der Waals surface area contributed by atoms with Crippen molar-refractivity contribution in [1.82, 2.24) is 10.2 Å². The first kappa shape index (κ1) is 15.4. The van der Waals surface area contributed by atoms with E-state index in [2.05, 4.69) is 15.5 Å². The highest BCUT2D eigenvalue weighted by Crippen LogP contribution is 2.16. The summed E-state index contributed by atoms with van der Waals surface area (Å²) >= 11 is 1.42. The molecule has 6 heteroatoms. The summed E-state index contributed by atoms with van der Waals surface area (Å²) in [5.74, 6) is 0.814. The first-order valence-corrected chi connectivity index (χ1v) is 7.87. The van der Waals surface area contributed by atoms with Gasteiger partial charge in [0.05, 0.1) is 6.61 Å². The molecule has 0 radical (unpaired) electrons. The van der Waals surface area contributed by atoms with E-state index in [9.17, 15) is 4.79 Å². The Morgan fingerprint density at radius 1 is 1.24 bits per heavy atom. The minimum Gasteiger partial charge on any atom is -0.494 e. The Balaban J connectivity index is 1.80. The third kappa shape index (κ3) is 4.82. The molecule has 0 bridgehead atoms. The highest BCUT2D eigenvalue weighted by atomic mass is 32.1. The lowest BCUT2D eigenvalue weighted by atomic mass is 10.1. The second kappa shape index (κ2) is 7.73. The summed E-state index contributed by atoms with van der Waals surface area (Å²) in [5.41, 5.74) is 1.11. The standard InChI is InChI=1S/C15H19N3O2S/c1-3-14-17-18-15(21-14)16-13(19)10-7-11-5-8-12(9-6-11)20-4-2/h5-6,8-9H,3-4,7,10H2,1-2H3,(H,16,18,19). The predicted molar refractivity (Wildman–Crippen MR) is 83.8 cm³/mol. The average Bonchev–Trinajstić information content (AvgIpc) is 2.94. The van der Waals surface area contributed by atoms with E-state index in [0.717, 1.165) is 22.7 Å². The molecular formula is C15H19N3O2S. The van der Waals surface area contributed by atoms with Crippen LogP contribution in [0.3, 0.4) is 0 Å². The van der Waals surface area contributed by atoms with E-state index < -0.39 is 0 Å². The van der Waals surface area contributed by atoms with Crippen LogP contribution in [0.5, 0.6) is 5.75 Å². The van der Waals surface area contributed by atoms with Gasteiger partial charge in [0.15, 0.2) is 0 Å². The molecule has 0 spiro atoms. The van der Waals surface area contributed by atoms with E-state index in [4.69, 9.17) is 4.74 Å². The molecular weight excluding hydrogens is 286 g/mol. The normalized spacial score (nSPS) is 10.4. The van der Waals surface area contributed by atoms with Crippen molar-refractivity contribution in [2.45, 2.75) is 33.1 Å². The number of aryl methyl sites for hydroxylation is 2. The molecule has 0 aliphatic heterocycles. The quantitative estimate of drug-likeness (QED) is 0.854. The number of aromatic nitrogens is 2. The minimum absolute atomic E-state index is 0.0392. The van der Waals surface area contributed by atoms with Gasteiger partial charge in [0, 0.05) is 6.42 Å². The Bertz CT molecular complexity index is 581. The average molecular weight is 305 g/mol. The molecule has 2 aromatic rings. The molecule has 1 heterocycles. The monoisotopic (exact) mass is 305 g/mol. The van der Waals surface area contributed by atoms with Crippen LogP contribution in [0.25, 0.3) is 0 Å². The lowest BCUT2D eigenvalue weighted by Crippen LogP contribution is -2.12. The Hall–Kier alpha value is -1.95. The maximum atomic E-state index is 11.9. The number of hydrogen-bond acceptors (Lipinski definition) is 5. The van der Waals surface area contributed by atoms with Crippen LogP contribution in [-0.4, -0.2) is 22.7 Å². The summed E-state index contributed by atoms with van der Waals surface area (Å²) in [6, 6.07) is 7.82. The van der Waals surface area contributed by atoms with E-state index in [0.29, 0.717) is 24.6 Å². The molecule has 0 fully saturated rings. The number of nitrogens with one attached hydrogen (secondary N) is 1. The summed E-state index contributed by atoms with van der Waals surface area (Å²) in [7, 11) is 0. The van der Waals surface area contributed by atoms with Crippen molar-refractivity contribution in [3.63, 3.8) is 0 Å². The number of benzene rings is 1. The summed E-state index contributed by atoms with van der Waals surface area (Å²) in [5, 5.41) is 12.2. The van der Waals surface area contributed by atoms with Gasteiger partial charge < -0.3 is 10.1 Å². The van der Waals surface area contributed by atoms with Crippen molar-refractivity contribution in [3.05, 3.63) is 34.8 Å². The highest BCUT2D eigenvalue weighted by molar-refractivity contribution is 7.15. The van der Waals surface area contributed by atoms with Crippen LogP contribution in [0.2, 0.25) is 0 Å². The fourth-order valence-electron chi connectivity index (χ4n) is 1.81. The molecule has 2 rings (SSSR count). The lowest BCUT2D eigenvalue weighted by Gasteiger charge is -2.05. The van der Waals surface area contributed by atoms with Gasteiger partial charge in [-0.15, -0.1) is 10.2 Å². The van der Waals surface area contributed by atoms with Gasteiger partial charge in [-0.1, -0.05) is 30.4 Å². The first-order valence-electron chi connectivity index (χ1n) is 7.05. The summed E-state index contributed by atoms with van der Waals surface area (Å²) < 4.78 is 5.39. The molecule has 21 heavy (non-hydrogen) atoms. The highest BCUT2D eigenvalue weighted by Gasteiger charge is 2.07. The largest absolute Gasteiger partial charge is 0.494 e. The number of carbonyl (C=O) groups is 1. The molecule has 1 aromatic carbocycles. The van der Waals surface area contributed by atoms with Gasteiger partial charge in [0.25, 0.3) is 0 Å². The summed E-state index contributed by atoms with van der Waals surface area (Å²) in [4.78, 5) is 11.9. The predicted octanol–water partition coefficient (Wildman–Crippen LogP) is 3.07. The molecule has 0 unspecified atom stereocenters. The van der Waals surface area contributed by atoms with E-state index in [1.54, 1.807) is 0 Å². The molecule has 1 aromatic heterocycles. The van der Waals surface area contributed by atoms with Gasteiger partial charge in [-0.25, -0.2) is 0 Å². The molecule has 0 saturated carbocycles. The Kier molecular flexibility index (Phi) is 5.68. The molecule has 1 amide bonds. The summed E-state index contributed by atoms with van der Waals surface area (Å²) in [6.45, 7) is 4.62. The number of amides is 1. The van der Waals surface area contributed by atoms with Crippen LogP contribution in [0.4, 0.5) is 5.13 Å². The second-order valence-electron chi connectivity index (χ2n) is 4.48. The zero-order chi connectivity index (χ0) is 15.1. The minimum atomic E-state index is -0.0392. The van der Waals surface area contributed by atoms with Gasteiger partial charge >= 0.3 is 0 Å². The van der Waals surface area contributed by atoms with Crippen LogP contribution in [0.15, 0.2) is 24.3 Å². The maximum Gasteiger partial charge on any atom is 0.226 e. The van der Waals surface area contributed by atoms with Crippen LogP contribution >= 0.6 is 11.3 Å². The van der Waals surface area contributed by atoms with E-state index in [-0.39, 0.29) is 5.91 Å². The van der Waals surface area contributed by atoms with Gasteiger partial charge in [0.2, 0.25) is 11.0 Å². The van der Waals surface area contributed by atoms with Crippen molar-refractivity contribution in [3.8, 4) is 5.75 Å². The molecule has 5 nitrogen and oxygen atoms in total. The van der Waals surface area contributed by atoms with Gasteiger partial charge in [-0.2, -0.15) is 0 Å². The Morgan fingerprint density at radius 2 is 2.00 bits per heavy atom. The first-order chi connectivity index (χ1) is 10.2. The second-order valence-corrected chi connectivity index (χ2v) is 5.54. The van der Waals surface area contributed by atoms with E-state index in [1.807, 2.05) is 38.1 Å². The fourth-order valence-corrected chi connectivity index (χ4v) is 2.50. The SMILES string of the molecule is CCOc1ccc(CCC(=O)Nc2nnc(CC)s2)cc1. The third-order valence-corrected chi connectivity index (χ3v) is 3.87. The van der Waals surface area contributed by atoms with E-state index in [1.165, 1.54) is 11.3 Å². The summed E-state index contributed by atoms with van der Waals surface area (Å²) in [6.07, 6.45) is 1.95. The third-order valence-electron chi connectivity index (χ3n) is 2.89. The molecule has 0 atom stereocenters. The van der Waals surface area contributed by atoms with Gasteiger partial charge in [-0.05, 0) is 37.5 Å². The molecule has 1 N–H and O–H groups in total. The smallest absolute Gasteiger partial charge is 0.226 e.